The molecular formula is C10H8F3NO2. The average molecular weight is 231 g/mol. The van der Waals surface area contributed by atoms with Gasteiger partial charge in [-0.05, 0) is 6.92 Å². The normalized spacial score (nSPS) is 10.0. The number of rotatable bonds is 3. The van der Waals surface area contributed by atoms with Gasteiger partial charge in [0.1, 0.15) is 17.3 Å². The van der Waals surface area contributed by atoms with Gasteiger partial charge in [0, 0.05) is 12.1 Å². The van der Waals surface area contributed by atoms with Crippen LogP contribution in [0.15, 0.2) is 12.1 Å². The Labute approximate surface area is 89.3 Å². The van der Waals surface area contributed by atoms with Gasteiger partial charge < -0.3 is 5.32 Å². The van der Waals surface area contributed by atoms with E-state index < -0.39 is 41.3 Å². The van der Waals surface area contributed by atoms with Crippen LogP contribution in [0.5, 0.6) is 0 Å². The molecule has 0 aliphatic rings. The van der Waals surface area contributed by atoms with Crippen LogP contribution in [0.4, 0.5) is 18.9 Å². The fourth-order valence-corrected chi connectivity index (χ4v) is 1.07. The zero-order valence-electron chi connectivity index (χ0n) is 8.31. The molecule has 0 unspecified atom stereocenters. The summed E-state index contributed by atoms with van der Waals surface area (Å²) in [4.78, 5) is 21.6. The molecule has 0 aromatic heterocycles. The quantitative estimate of drug-likeness (QED) is 0.809. The van der Waals surface area contributed by atoms with Gasteiger partial charge in [0.2, 0.25) is 5.91 Å². The van der Waals surface area contributed by atoms with E-state index in [1.54, 1.807) is 0 Å². The van der Waals surface area contributed by atoms with Crippen molar-refractivity contribution >= 4 is 17.4 Å². The lowest BCUT2D eigenvalue weighted by molar-refractivity contribution is -0.124. The third kappa shape index (κ3) is 3.08. The van der Waals surface area contributed by atoms with Crippen LogP contribution in [0.3, 0.4) is 0 Å². The molecule has 1 rings (SSSR count). The number of Topliss-reactive ketones (excluding diaryl/α,β-unsaturated/α-hetero) is 1. The Morgan fingerprint density at radius 3 is 2.12 bits per heavy atom. The van der Waals surface area contributed by atoms with Crippen molar-refractivity contribution in [2.24, 2.45) is 0 Å². The lowest BCUT2D eigenvalue weighted by Crippen LogP contribution is -2.16. The molecule has 6 heteroatoms. The molecule has 0 aliphatic carbocycles. The van der Waals surface area contributed by atoms with Crippen molar-refractivity contribution in [1.82, 2.24) is 0 Å². The second-order valence-corrected chi connectivity index (χ2v) is 3.17. The van der Waals surface area contributed by atoms with Gasteiger partial charge in [-0.25, -0.2) is 13.2 Å². The Morgan fingerprint density at radius 1 is 1.19 bits per heavy atom. The molecule has 0 atom stereocenters. The minimum Gasteiger partial charge on any atom is -0.321 e. The maximum absolute atomic E-state index is 13.0. The first kappa shape index (κ1) is 12.2. The van der Waals surface area contributed by atoms with Crippen molar-refractivity contribution in [3.8, 4) is 0 Å². The van der Waals surface area contributed by atoms with E-state index in [9.17, 15) is 22.8 Å². The number of nitrogens with one attached hydrogen (secondary N) is 1. The van der Waals surface area contributed by atoms with Gasteiger partial charge in [0.25, 0.3) is 0 Å². The van der Waals surface area contributed by atoms with E-state index in [2.05, 4.69) is 0 Å². The van der Waals surface area contributed by atoms with Gasteiger partial charge in [-0.15, -0.1) is 0 Å². The highest BCUT2D eigenvalue weighted by atomic mass is 19.1. The second-order valence-electron chi connectivity index (χ2n) is 3.17. The van der Waals surface area contributed by atoms with E-state index in [-0.39, 0.29) is 0 Å². The molecule has 0 saturated carbocycles. The highest BCUT2D eigenvalue weighted by molar-refractivity contribution is 6.03. The van der Waals surface area contributed by atoms with Crippen LogP contribution >= 0.6 is 0 Å². The molecule has 1 N–H and O–H groups in total. The van der Waals surface area contributed by atoms with Crippen molar-refractivity contribution in [2.45, 2.75) is 13.3 Å². The first-order valence-electron chi connectivity index (χ1n) is 4.34. The summed E-state index contributed by atoms with van der Waals surface area (Å²) in [7, 11) is 0. The summed E-state index contributed by atoms with van der Waals surface area (Å²) in [6.45, 7) is 1.16. The molecule has 0 spiro atoms. The van der Waals surface area contributed by atoms with E-state index >= 15 is 0 Å². The molecule has 1 aromatic carbocycles. The Hall–Kier alpha value is -1.85. The molecule has 0 saturated heterocycles. The Bertz CT molecular complexity index is 423. The number of ketones is 1. The summed E-state index contributed by atoms with van der Waals surface area (Å²) in [6, 6.07) is 0.874. The van der Waals surface area contributed by atoms with Crippen molar-refractivity contribution in [1.29, 1.82) is 0 Å². The van der Waals surface area contributed by atoms with Crippen molar-refractivity contribution < 1.29 is 22.8 Å². The summed E-state index contributed by atoms with van der Waals surface area (Å²) in [5.74, 6) is -4.83. The minimum atomic E-state index is -1.23. The summed E-state index contributed by atoms with van der Waals surface area (Å²) in [6.07, 6.45) is -0.490. The largest absolute Gasteiger partial charge is 0.321 e. The molecule has 0 aliphatic heterocycles. The summed E-state index contributed by atoms with van der Waals surface area (Å²) in [5.41, 5.74) is -0.757. The zero-order valence-corrected chi connectivity index (χ0v) is 8.31. The Balaban J connectivity index is 2.89. The van der Waals surface area contributed by atoms with Crippen LogP contribution in [0.25, 0.3) is 0 Å². The molecule has 0 bridgehead atoms. The number of amides is 1. The van der Waals surface area contributed by atoms with Gasteiger partial charge in [-0.1, -0.05) is 0 Å². The van der Waals surface area contributed by atoms with Crippen molar-refractivity contribution in [3.63, 3.8) is 0 Å². The SMILES string of the molecule is CC(=O)CC(=O)Nc1c(F)cc(F)cc1F. The third-order valence-corrected chi connectivity index (χ3v) is 1.68. The molecule has 0 fully saturated rings. The van der Waals surface area contributed by atoms with Crippen molar-refractivity contribution in [2.75, 3.05) is 5.32 Å². The van der Waals surface area contributed by atoms with E-state index in [0.29, 0.717) is 12.1 Å². The van der Waals surface area contributed by atoms with Gasteiger partial charge >= 0.3 is 0 Å². The second kappa shape index (κ2) is 4.78. The fraction of sp³-hybridized carbons (Fsp3) is 0.200. The molecule has 1 aromatic rings. The number of benzene rings is 1. The number of halogens is 3. The number of carbonyl (C=O) groups is 2. The first-order valence-corrected chi connectivity index (χ1v) is 4.34. The van der Waals surface area contributed by atoms with Crippen LogP contribution in [-0.4, -0.2) is 11.7 Å². The average Bonchev–Trinajstić information content (AvgIpc) is 2.09. The maximum Gasteiger partial charge on any atom is 0.231 e. The highest BCUT2D eigenvalue weighted by Crippen LogP contribution is 2.20. The van der Waals surface area contributed by atoms with Gasteiger partial charge in [-0.3, -0.25) is 9.59 Å². The minimum absolute atomic E-state index is 0.437. The Morgan fingerprint density at radius 2 is 1.69 bits per heavy atom. The van der Waals surface area contributed by atoms with Crippen LogP contribution in [-0.2, 0) is 9.59 Å². The zero-order chi connectivity index (χ0) is 12.3. The monoisotopic (exact) mass is 231 g/mol. The molecule has 1 amide bonds. The number of anilines is 1. The topological polar surface area (TPSA) is 46.2 Å². The van der Waals surface area contributed by atoms with Crippen LogP contribution in [0, 0.1) is 17.5 Å². The smallest absolute Gasteiger partial charge is 0.231 e. The summed E-state index contributed by atoms with van der Waals surface area (Å²) < 4.78 is 38.6. The third-order valence-electron chi connectivity index (χ3n) is 1.68. The van der Waals surface area contributed by atoms with Gasteiger partial charge in [0.15, 0.2) is 11.6 Å². The predicted octanol–water partition coefficient (Wildman–Crippen LogP) is 2.02. The van der Waals surface area contributed by atoms with Crippen LogP contribution in [0.1, 0.15) is 13.3 Å². The van der Waals surface area contributed by atoms with E-state index in [4.69, 9.17) is 0 Å². The summed E-state index contributed by atoms with van der Waals surface area (Å²) in [5, 5.41) is 1.86. The molecule has 0 radical (unpaired) electrons. The number of hydrogen-bond acceptors (Lipinski definition) is 2. The van der Waals surface area contributed by atoms with Crippen LogP contribution < -0.4 is 5.32 Å². The number of hydrogen-bond donors (Lipinski definition) is 1. The standard InChI is InChI=1S/C10H8F3NO2/c1-5(15)2-9(16)14-10-7(12)3-6(11)4-8(10)13/h3-4H,2H2,1H3,(H,14,16). The van der Waals surface area contributed by atoms with Gasteiger partial charge in [-0.2, -0.15) is 0 Å². The van der Waals surface area contributed by atoms with E-state index in [0.717, 1.165) is 6.92 Å². The molecule has 16 heavy (non-hydrogen) atoms. The number of carbonyl (C=O) groups excluding carboxylic acids is 2. The lowest BCUT2D eigenvalue weighted by Gasteiger charge is -2.06. The Kier molecular flexibility index (Phi) is 3.65. The van der Waals surface area contributed by atoms with Crippen molar-refractivity contribution in [3.05, 3.63) is 29.6 Å². The van der Waals surface area contributed by atoms with E-state index in [1.165, 1.54) is 0 Å². The van der Waals surface area contributed by atoms with Gasteiger partial charge in [0.05, 0.1) is 6.42 Å². The summed E-state index contributed by atoms with van der Waals surface area (Å²) >= 11 is 0. The van der Waals surface area contributed by atoms with E-state index in [1.807, 2.05) is 5.32 Å². The molecule has 3 nitrogen and oxygen atoms in total. The highest BCUT2D eigenvalue weighted by Gasteiger charge is 2.14. The first-order chi connectivity index (χ1) is 7.40. The molecular weight excluding hydrogens is 223 g/mol. The fourth-order valence-electron chi connectivity index (χ4n) is 1.07. The molecule has 0 heterocycles. The molecule has 86 valence electrons. The lowest BCUT2D eigenvalue weighted by atomic mass is 10.2. The maximum atomic E-state index is 13.0. The predicted molar refractivity (Wildman–Crippen MR) is 50.2 cm³/mol. The van der Waals surface area contributed by atoms with Crippen LogP contribution in [0.2, 0.25) is 0 Å².